The molecule has 0 saturated heterocycles. The third-order valence-electron chi connectivity index (χ3n) is 2.41. The Morgan fingerprint density at radius 1 is 1.29 bits per heavy atom. The van der Waals surface area contributed by atoms with Crippen LogP contribution in [-0.2, 0) is 0 Å². The normalized spacial score (nSPS) is 23.3. The molecule has 1 saturated carbocycles. The molecule has 94 valence electrons. The molecule has 1 aliphatic carbocycles. The molecule has 1 heterocycles. The smallest absolute Gasteiger partial charge is 0.227 e. The average molecular weight is 253 g/mol. The van der Waals surface area contributed by atoms with E-state index in [0.717, 1.165) is 0 Å². The summed E-state index contributed by atoms with van der Waals surface area (Å²) in [6.45, 7) is 6.23. The Hall–Kier alpha value is -1.04. The molecule has 6 heteroatoms. The van der Waals surface area contributed by atoms with Crippen molar-refractivity contribution in [2.24, 2.45) is 0 Å². The summed E-state index contributed by atoms with van der Waals surface area (Å²) >= 11 is 1.88. The van der Waals surface area contributed by atoms with Crippen molar-refractivity contribution in [1.82, 2.24) is 15.0 Å². The number of rotatable bonds is 4. The largest absolute Gasteiger partial charge is 0.350 e. The number of nitrogens with zero attached hydrogens (tertiary/aromatic N) is 3. The lowest BCUT2D eigenvalue weighted by atomic mass is 10.1. The lowest BCUT2D eigenvalue weighted by Crippen LogP contribution is -2.27. The highest BCUT2D eigenvalue weighted by Crippen LogP contribution is 2.35. The molecule has 2 unspecified atom stereocenters. The number of hydrogen-bond donors (Lipinski definition) is 2. The van der Waals surface area contributed by atoms with Crippen LogP contribution in [0.3, 0.4) is 0 Å². The van der Waals surface area contributed by atoms with Gasteiger partial charge < -0.3 is 10.6 Å². The number of hydrogen-bond acceptors (Lipinski definition) is 6. The van der Waals surface area contributed by atoms with Gasteiger partial charge in [0.15, 0.2) is 0 Å². The molecule has 17 heavy (non-hydrogen) atoms. The molecule has 2 atom stereocenters. The van der Waals surface area contributed by atoms with E-state index in [9.17, 15) is 0 Å². The van der Waals surface area contributed by atoms with Gasteiger partial charge >= 0.3 is 0 Å². The second-order valence-corrected chi connectivity index (χ2v) is 6.35. The summed E-state index contributed by atoms with van der Waals surface area (Å²) in [5.41, 5.74) is -0.0417. The highest BCUT2D eigenvalue weighted by atomic mass is 32.2. The van der Waals surface area contributed by atoms with Crippen LogP contribution in [0.1, 0.15) is 27.2 Å². The molecule has 0 radical (unpaired) electrons. The summed E-state index contributed by atoms with van der Waals surface area (Å²) in [5, 5.41) is 7.25. The van der Waals surface area contributed by atoms with Crippen LogP contribution in [0.2, 0.25) is 0 Å². The van der Waals surface area contributed by atoms with Gasteiger partial charge in [-0.2, -0.15) is 16.7 Å². The standard InChI is InChI=1S/C11H19N5S/c1-11(2,3)16-10-13-6-12-9(15-10)14-7-5-8(7)17-4/h6-8H,5H2,1-4H3,(H2,12,13,14,15,16). The first kappa shape index (κ1) is 12.4. The van der Waals surface area contributed by atoms with Crippen LogP contribution in [0.5, 0.6) is 0 Å². The summed E-state index contributed by atoms with van der Waals surface area (Å²) in [5.74, 6) is 1.28. The van der Waals surface area contributed by atoms with Gasteiger partial charge in [-0.25, -0.2) is 9.97 Å². The maximum atomic E-state index is 4.35. The van der Waals surface area contributed by atoms with Gasteiger partial charge in [0, 0.05) is 16.8 Å². The molecule has 0 aliphatic heterocycles. The molecule has 0 amide bonds. The summed E-state index contributed by atoms with van der Waals surface area (Å²) < 4.78 is 0. The first-order valence-electron chi connectivity index (χ1n) is 5.74. The van der Waals surface area contributed by atoms with Gasteiger partial charge in [0.05, 0.1) is 0 Å². The van der Waals surface area contributed by atoms with E-state index in [4.69, 9.17) is 0 Å². The number of aromatic nitrogens is 3. The second-order valence-electron chi connectivity index (χ2n) is 5.27. The second kappa shape index (κ2) is 4.68. The minimum atomic E-state index is -0.0417. The summed E-state index contributed by atoms with van der Waals surface area (Å²) in [4.78, 5) is 12.6. The number of nitrogens with one attached hydrogen (secondary N) is 2. The Bertz CT molecular complexity index is 390. The Kier molecular flexibility index (Phi) is 3.42. The minimum Gasteiger partial charge on any atom is -0.350 e. The van der Waals surface area contributed by atoms with E-state index in [1.54, 1.807) is 6.33 Å². The molecule has 2 rings (SSSR count). The van der Waals surface area contributed by atoms with Gasteiger partial charge in [-0.15, -0.1) is 0 Å². The lowest BCUT2D eigenvalue weighted by Gasteiger charge is -2.20. The van der Waals surface area contributed by atoms with Crippen LogP contribution in [0, 0.1) is 0 Å². The van der Waals surface area contributed by atoms with E-state index in [1.165, 1.54) is 6.42 Å². The summed E-state index contributed by atoms with van der Waals surface area (Å²) in [7, 11) is 0. The molecule has 0 aromatic carbocycles. The van der Waals surface area contributed by atoms with Crippen LogP contribution >= 0.6 is 11.8 Å². The Labute approximate surface area is 106 Å². The minimum absolute atomic E-state index is 0.0417. The lowest BCUT2D eigenvalue weighted by molar-refractivity contribution is 0.625. The SMILES string of the molecule is CSC1CC1Nc1ncnc(NC(C)(C)C)n1. The third-order valence-corrected chi connectivity index (χ3v) is 3.53. The molecule has 1 aliphatic rings. The van der Waals surface area contributed by atoms with E-state index < -0.39 is 0 Å². The van der Waals surface area contributed by atoms with Crippen LogP contribution in [0.4, 0.5) is 11.9 Å². The first-order valence-corrected chi connectivity index (χ1v) is 7.03. The topological polar surface area (TPSA) is 62.7 Å². The Morgan fingerprint density at radius 3 is 2.59 bits per heavy atom. The maximum Gasteiger partial charge on any atom is 0.227 e. The molecular formula is C11H19N5S. The van der Waals surface area contributed by atoms with E-state index in [-0.39, 0.29) is 5.54 Å². The van der Waals surface area contributed by atoms with Crippen LogP contribution in [-0.4, -0.2) is 38.0 Å². The molecular weight excluding hydrogens is 234 g/mol. The molecule has 5 nitrogen and oxygen atoms in total. The Balaban J connectivity index is 1.97. The van der Waals surface area contributed by atoms with Crippen LogP contribution < -0.4 is 10.6 Å². The molecule has 2 N–H and O–H groups in total. The monoisotopic (exact) mass is 253 g/mol. The van der Waals surface area contributed by atoms with Gasteiger partial charge in [0.1, 0.15) is 6.33 Å². The van der Waals surface area contributed by atoms with Gasteiger partial charge in [-0.05, 0) is 33.4 Å². The van der Waals surface area contributed by atoms with E-state index in [2.05, 4.69) is 52.6 Å². The van der Waals surface area contributed by atoms with Crippen molar-refractivity contribution in [2.75, 3.05) is 16.9 Å². The van der Waals surface area contributed by atoms with Crippen molar-refractivity contribution in [3.8, 4) is 0 Å². The molecule has 1 fully saturated rings. The van der Waals surface area contributed by atoms with Crippen molar-refractivity contribution >= 4 is 23.7 Å². The highest BCUT2D eigenvalue weighted by molar-refractivity contribution is 7.99. The molecule has 0 bridgehead atoms. The fraction of sp³-hybridized carbons (Fsp3) is 0.727. The van der Waals surface area contributed by atoms with Crippen molar-refractivity contribution < 1.29 is 0 Å². The van der Waals surface area contributed by atoms with Gasteiger partial charge in [0.25, 0.3) is 0 Å². The van der Waals surface area contributed by atoms with Crippen molar-refractivity contribution in [3.63, 3.8) is 0 Å². The zero-order valence-electron chi connectivity index (χ0n) is 10.7. The van der Waals surface area contributed by atoms with E-state index >= 15 is 0 Å². The number of anilines is 2. The predicted molar refractivity (Wildman–Crippen MR) is 72.5 cm³/mol. The van der Waals surface area contributed by atoms with E-state index in [1.807, 2.05) is 11.8 Å². The van der Waals surface area contributed by atoms with Gasteiger partial charge in [-0.3, -0.25) is 0 Å². The molecule has 0 spiro atoms. The predicted octanol–water partition coefficient (Wildman–Crippen LogP) is 2.00. The quantitative estimate of drug-likeness (QED) is 0.855. The zero-order chi connectivity index (χ0) is 12.5. The zero-order valence-corrected chi connectivity index (χ0v) is 11.5. The first-order chi connectivity index (χ1) is 7.98. The van der Waals surface area contributed by atoms with Gasteiger partial charge in [-0.1, -0.05) is 0 Å². The van der Waals surface area contributed by atoms with Crippen molar-refractivity contribution in [2.45, 2.75) is 44.0 Å². The highest BCUT2D eigenvalue weighted by Gasteiger charge is 2.36. The number of thioether (sulfide) groups is 1. The maximum absolute atomic E-state index is 4.35. The summed E-state index contributed by atoms with van der Waals surface area (Å²) in [6, 6.07) is 0.509. The van der Waals surface area contributed by atoms with Gasteiger partial charge in [0.2, 0.25) is 11.9 Å². The summed E-state index contributed by atoms with van der Waals surface area (Å²) in [6.07, 6.45) is 4.86. The molecule has 1 aromatic heterocycles. The van der Waals surface area contributed by atoms with E-state index in [0.29, 0.717) is 23.2 Å². The molecule has 1 aromatic rings. The fourth-order valence-electron chi connectivity index (χ4n) is 1.51. The van der Waals surface area contributed by atoms with Crippen LogP contribution in [0.25, 0.3) is 0 Å². The Morgan fingerprint density at radius 2 is 2.00 bits per heavy atom. The van der Waals surface area contributed by atoms with Crippen molar-refractivity contribution in [3.05, 3.63) is 6.33 Å². The fourth-order valence-corrected chi connectivity index (χ4v) is 2.31. The third kappa shape index (κ3) is 3.73. The average Bonchev–Trinajstić information content (AvgIpc) is 2.94. The van der Waals surface area contributed by atoms with Crippen molar-refractivity contribution in [1.29, 1.82) is 0 Å². The van der Waals surface area contributed by atoms with Crippen LogP contribution in [0.15, 0.2) is 6.33 Å².